The van der Waals surface area contributed by atoms with E-state index in [4.69, 9.17) is 30.2 Å². The van der Waals surface area contributed by atoms with Gasteiger partial charge in [0.15, 0.2) is 17.6 Å². The van der Waals surface area contributed by atoms with Gasteiger partial charge < -0.3 is 35.5 Å². The number of ether oxygens (including phenoxy) is 3. The molecule has 0 radical (unpaired) electrons. The normalized spacial score (nSPS) is 16.6. The molecule has 0 aliphatic carbocycles. The molecule has 0 saturated carbocycles. The zero-order chi connectivity index (χ0) is 18.8. The Morgan fingerprint density at radius 2 is 2.00 bits per heavy atom. The lowest BCUT2D eigenvalue weighted by molar-refractivity contribution is -0.144. The van der Waals surface area contributed by atoms with Gasteiger partial charge in [-0.2, -0.15) is 0 Å². The summed E-state index contributed by atoms with van der Waals surface area (Å²) in [6, 6.07) is 6.05. The number of hydrogen-bond acceptors (Lipinski definition) is 7. The van der Waals surface area contributed by atoms with Gasteiger partial charge in [-0.3, -0.25) is 9.59 Å². The van der Waals surface area contributed by atoms with Crippen molar-refractivity contribution in [3.8, 4) is 11.5 Å². The molecule has 1 aromatic carbocycles. The topological polar surface area (TPSA) is 157 Å². The van der Waals surface area contributed by atoms with Crippen molar-refractivity contribution in [3.05, 3.63) is 24.3 Å². The third kappa shape index (κ3) is 7.40. The van der Waals surface area contributed by atoms with E-state index in [-0.39, 0.29) is 6.10 Å². The fourth-order valence-corrected chi connectivity index (χ4v) is 1.72. The zero-order valence-corrected chi connectivity index (χ0v) is 13.5. The number of cyclic esters (lactones) is 1. The smallest absolute Gasteiger partial charge is 0.407 e. The van der Waals surface area contributed by atoms with E-state index in [0.29, 0.717) is 24.7 Å². The van der Waals surface area contributed by atoms with E-state index in [1.165, 1.54) is 0 Å². The molecule has 1 saturated heterocycles. The summed E-state index contributed by atoms with van der Waals surface area (Å²) < 4.78 is 15.6. The molecule has 10 nitrogen and oxygen atoms in total. The molecule has 1 aliphatic rings. The molecule has 5 N–H and O–H groups in total. The molecule has 138 valence electrons. The molecule has 2 atom stereocenters. The van der Waals surface area contributed by atoms with Crippen molar-refractivity contribution in [1.82, 2.24) is 5.32 Å². The van der Waals surface area contributed by atoms with E-state index in [2.05, 4.69) is 5.32 Å². The highest BCUT2D eigenvalue weighted by molar-refractivity contribution is 5.80. The van der Waals surface area contributed by atoms with Gasteiger partial charge in [0.1, 0.15) is 12.6 Å². The minimum atomic E-state index is -1.29. The molecule has 10 heteroatoms. The van der Waals surface area contributed by atoms with E-state index < -0.39 is 30.5 Å². The van der Waals surface area contributed by atoms with Crippen LogP contribution in [0.5, 0.6) is 11.5 Å². The number of carboxylic acids is 2. The Bertz CT molecular complexity index is 607. The Morgan fingerprint density at radius 1 is 1.36 bits per heavy atom. The fourth-order valence-electron chi connectivity index (χ4n) is 1.72. The zero-order valence-electron chi connectivity index (χ0n) is 13.5. The van der Waals surface area contributed by atoms with E-state index in [1.807, 2.05) is 24.3 Å². The number of benzene rings is 1. The van der Waals surface area contributed by atoms with Crippen molar-refractivity contribution in [1.29, 1.82) is 0 Å². The number of rotatable bonds is 7. The maximum atomic E-state index is 10.8. The van der Waals surface area contributed by atoms with Gasteiger partial charge in [-0.1, -0.05) is 12.1 Å². The molecule has 0 spiro atoms. The molecule has 1 aliphatic heterocycles. The van der Waals surface area contributed by atoms with Gasteiger partial charge in [0.05, 0.1) is 20.1 Å². The first-order valence-corrected chi connectivity index (χ1v) is 7.24. The molecule has 2 unspecified atom stereocenters. The fraction of sp³-hybridized carbons (Fsp3) is 0.400. The standard InChI is InChI=1S/C11H13NO4.C4H7NO4/c1-14-9-4-2-3-5-10(9)15-7-8-6-12-11(13)16-8;5-2(4(8)9)1-3(6)7/h2-5,8H,6-7H2,1H3,(H,12,13);2H,1,5H2,(H,6,7)(H,8,9). The molecule has 0 aromatic heterocycles. The Balaban J connectivity index is 0.000000299. The highest BCUT2D eigenvalue weighted by Gasteiger charge is 2.23. The van der Waals surface area contributed by atoms with Gasteiger partial charge >= 0.3 is 18.0 Å². The van der Waals surface area contributed by atoms with Crippen LogP contribution in [0.2, 0.25) is 0 Å². The van der Waals surface area contributed by atoms with Crippen LogP contribution < -0.4 is 20.5 Å². The number of methoxy groups -OCH3 is 1. The van der Waals surface area contributed by atoms with Crippen molar-refractivity contribution in [2.24, 2.45) is 5.73 Å². The second-order valence-electron chi connectivity index (χ2n) is 4.91. The van der Waals surface area contributed by atoms with Crippen LogP contribution in [0.1, 0.15) is 6.42 Å². The van der Waals surface area contributed by atoms with Crippen LogP contribution in [0.25, 0.3) is 0 Å². The average Bonchev–Trinajstić information content (AvgIpc) is 2.98. The predicted octanol–water partition coefficient (Wildman–Crippen LogP) is 0.0554. The molecule has 1 amide bonds. The molecule has 1 fully saturated rings. The molecule has 1 aromatic rings. The summed E-state index contributed by atoms with van der Waals surface area (Å²) in [5.74, 6) is -1.19. The summed E-state index contributed by atoms with van der Waals surface area (Å²) >= 11 is 0. The van der Waals surface area contributed by atoms with Crippen LogP contribution in [0.4, 0.5) is 4.79 Å². The van der Waals surface area contributed by atoms with Crippen LogP contribution in [0.3, 0.4) is 0 Å². The minimum absolute atomic E-state index is 0.239. The Kier molecular flexibility index (Phi) is 8.00. The monoisotopic (exact) mass is 356 g/mol. The van der Waals surface area contributed by atoms with Gasteiger partial charge in [0, 0.05) is 0 Å². The lowest BCUT2D eigenvalue weighted by atomic mass is 10.2. The van der Waals surface area contributed by atoms with Crippen LogP contribution in [-0.4, -0.2) is 60.7 Å². The first-order chi connectivity index (χ1) is 11.8. The maximum absolute atomic E-state index is 10.8. The van der Waals surface area contributed by atoms with Gasteiger partial charge in [-0.05, 0) is 12.1 Å². The van der Waals surface area contributed by atoms with Crippen LogP contribution in [0, 0.1) is 0 Å². The van der Waals surface area contributed by atoms with Crippen molar-refractivity contribution in [2.45, 2.75) is 18.6 Å². The number of nitrogens with one attached hydrogen (secondary N) is 1. The van der Waals surface area contributed by atoms with E-state index in [9.17, 15) is 14.4 Å². The largest absolute Gasteiger partial charge is 0.493 e. The highest BCUT2D eigenvalue weighted by Crippen LogP contribution is 2.26. The third-order valence-corrected chi connectivity index (χ3v) is 2.95. The predicted molar refractivity (Wildman–Crippen MR) is 84.6 cm³/mol. The Labute approximate surface area is 143 Å². The summed E-state index contributed by atoms with van der Waals surface area (Å²) in [5.41, 5.74) is 4.84. The van der Waals surface area contributed by atoms with Crippen LogP contribution in [-0.2, 0) is 14.3 Å². The number of amides is 1. The van der Waals surface area contributed by atoms with Gasteiger partial charge in [-0.15, -0.1) is 0 Å². The van der Waals surface area contributed by atoms with Gasteiger partial charge in [0.25, 0.3) is 0 Å². The number of carboxylic acid groups (broad SMARTS) is 2. The Hall–Kier alpha value is -3.01. The molecule has 25 heavy (non-hydrogen) atoms. The second kappa shape index (κ2) is 9.98. The number of para-hydroxylation sites is 2. The minimum Gasteiger partial charge on any atom is -0.493 e. The quantitative estimate of drug-likeness (QED) is 0.530. The highest BCUT2D eigenvalue weighted by atomic mass is 16.6. The first kappa shape index (κ1) is 20.0. The summed E-state index contributed by atoms with van der Waals surface area (Å²) in [6.45, 7) is 0.799. The molecular formula is C15H20N2O8. The molecule has 0 bridgehead atoms. The SMILES string of the molecule is COc1ccccc1OCC1CNC(=O)O1.NC(CC(=O)O)C(=O)O. The summed E-state index contributed by atoms with van der Waals surface area (Å²) in [6.07, 6.45) is -1.17. The average molecular weight is 356 g/mol. The number of aliphatic carboxylic acids is 2. The number of carbonyl (C=O) groups is 3. The van der Waals surface area contributed by atoms with Crippen LogP contribution >= 0.6 is 0 Å². The maximum Gasteiger partial charge on any atom is 0.407 e. The third-order valence-electron chi connectivity index (χ3n) is 2.95. The molecule has 2 rings (SSSR count). The van der Waals surface area contributed by atoms with Crippen LogP contribution in [0.15, 0.2) is 24.3 Å². The number of hydrogen-bond donors (Lipinski definition) is 4. The van der Waals surface area contributed by atoms with Crippen molar-refractivity contribution < 1.29 is 38.8 Å². The first-order valence-electron chi connectivity index (χ1n) is 7.24. The van der Waals surface area contributed by atoms with Crippen molar-refractivity contribution in [2.75, 3.05) is 20.3 Å². The van der Waals surface area contributed by atoms with E-state index >= 15 is 0 Å². The van der Waals surface area contributed by atoms with Crippen molar-refractivity contribution >= 4 is 18.0 Å². The lowest BCUT2D eigenvalue weighted by Gasteiger charge is -2.12. The van der Waals surface area contributed by atoms with E-state index in [0.717, 1.165) is 0 Å². The number of nitrogens with two attached hydrogens (primary N) is 1. The second-order valence-corrected chi connectivity index (χ2v) is 4.91. The Morgan fingerprint density at radius 3 is 2.44 bits per heavy atom. The van der Waals surface area contributed by atoms with Crippen molar-refractivity contribution in [3.63, 3.8) is 0 Å². The molecule has 1 heterocycles. The number of carbonyl (C=O) groups excluding carboxylic acids is 1. The summed E-state index contributed by atoms with van der Waals surface area (Å²) in [7, 11) is 1.58. The van der Waals surface area contributed by atoms with E-state index in [1.54, 1.807) is 7.11 Å². The lowest BCUT2D eigenvalue weighted by Crippen LogP contribution is -2.32. The summed E-state index contributed by atoms with van der Waals surface area (Å²) in [4.78, 5) is 30.4. The van der Waals surface area contributed by atoms with Gasteiger partial charge in [-0.25, -0.2) is 4.79 Å². The van der Waals surface area contributed by atoms with Gasteiger partial charge in [0.2, 0.25) is 0 Å². The number of alkyl carbamates (subject to hydrolysis) is 1. The molecular weight excluding hydrogens is 336 g/mol. The summed E-state index contributed by atoms with van der Waals surface area (Å²) in [5, 5.41) is 18.6.